The second kappa shape index (κ2) is 15.0. The van der Waals surface area contributed by atoms with Gasteiger partial charge >= 0.3 is 12.1 Å². The first kappa shape index (κ1) is 33.5. The van der Waals surface area contributed by atoms with Crippen LogP contribution in [0.25, 0.3) is 10.9 Å². The van der Waals surface area contributed by atoms with Gasteiger partial charge in [0.15, 0.2) is 0 Å². The smallest absolute Gasteiger partial charge is 0.475 e. The van der Waals surface area contributed by atoms with Gasteiger partial charge < -0.3 is 15.3 Å². The van der Waals surface area contributed by atoms with Crippen LogP contribution in [0.3, 0.4) is 0 Å². The van der Waals surface area contributed by atoms with E-state index in [1.165, 1.54) is 0 Å². The molecule has 1 fully saturated rings. The molecule has 0 bridgehead atoms. The number of fused-ring (bicyclic) bond motifs is 1. The van der Waals surface area contributed by atoms with Gasteiger partial charge in [0, 0.05) is 36.0 Å². The summed E-state index contributed by atoms with van der Waals surface area (Å²) >= 11 is 3.34. The number of nitrogens with zero attached hydrogens (tertiary/aromatic N) is 3. The van der Waals surface area contributed by atoms with Crippen molar-refractivity contribution in [1.29, 1.82) is 0 Å². The molecule has 0 spiro atoms. The van der Waals surface area contributed by atoms with Crippen LogP contribution < -0.4 is 14.9 Å². The lowest BCUT2D eigenvalue weighted by molar-refractivity contribution is -0.192. The van der Waals surface area contributed by atoms with Crippen molar-refractivity contribution in [3.63, 3.8) is 0 Å². The van der Waals surface area contributed by atoms with Crippen LogP contribution in [0.15, 0.2) is 57.9 Å². The number of nitrogens with one attached hydrogen (secondary N) is 2. The van der Waals surface area contributed by atoms with Crippen molar-refractivity contribution in [2.24, 2.45) is 11.8 Å². The Balaban J connectivity index is 0.000000616. The molecule has 9 nitrogen and oxygen atoms in total. The number of hydrogen-bond acceptors (Lipinski definition) is 7. The van der Waals surface area contributed by atoms with Gasteiger partial charge in [-0.25, -0.2) is 22.9 Å². The fraction of sp³-hybridized carbons (Fsp3) is 0.464. The Bertz CT molecular complexity index is 1450. The highest BCUT2D eigenvalue weighted by molar-refractivity contribution is 9.10. The standard InChI is InChI=1S/C26H34BrN5O2S.C2HF3O2/c1-3-32(4-2)25-21-9-5-7-11-23(21)30-26(31-25)28-17-19-13-15-20(16-14-19)18-29-35(33,34)24-12-8-6-10-22(24)27;3-2(4,5)1(6)7/h5-12,19-20,29H,3-4,13-18H2,1-2H3,(H,28,30,31);(H,6,7). The van der Waals surface area contributed by atoms with E-state index in [-0.39, 0.29) is 4.90 Å². The monoisotopic (exact) mass is 673 g/mol. The normalized spacial score (nSPS) is 17.3. The predicted octanol–water partition coefficient (Wildman–Crippen LogP) is 6.07. The first-order valence-electron chi connectivity index (χ1n) is 13.7. The highest BCUT2D eigenvalue weighted by atomic mass is 79.9. The zero-order valence-corrected chi connectivity index (χ0v) is 25.8. The minimum atomic E-state index is -5.08. The average Bonchev–Trinajstić information content (AvgIpc) is 2.96. The Morgan fingerprint density at radius 3 is 2.10 bits per heavy atom. The molecule has 1 aliphatic rings. The number of halogens is 4. The predicted molar refractivity (Wildman–Crippen MR) is 160 cm³/mol. The van der Waals surface area contributed by atoms with E-state index < -0.39 is 22.2 Å². The number of alkyl halides is 3. The van der Waals surface area contributed by atoms with Gasteiger partial charge in [-0.2, -0.15) is 18.2 Å². The van der Waals surface area contributed by atoms with Gasteiger partial charge in [-0.3, -0.25) is 0 Å². The summed E-state index contributed by atoms with van der Waals surface area (Å²) in [6.45, 7) is 7.38. The number of hydrogen-bond donors (Lipinski definition) is 3. The lowest BCUT2D eigenvalue weighted by Crippen LogP contribution is -2.32. The van der Waals surface area contributed by atoms with Gasteiger partial charge in [0.05, 0.1) is 10.4 Å². The van der Waals surface area contributed by atoms with Crippen LogP contribution in [0.1, 0.15) is 39.5 Å². The van der Waals surface area contributed by atoms with Gasteiger partial charge in [0.1, 0.15) is 5.82 Å². The highest BCUT2D eigenvalue weighted by Crippen LogP contribution is 2.30. The number of carboxylic acid groups (broad SMARTS) is 1. The number of anilines is 2. The molecule has 1 aliphatic carbocycles. The molecule has 0 atom stereocenters. The Hall–Kier alpha value is -2.97. The first-order valence-corrected chi connectivity index (χ1v) is 15.9. The van der Waals surface area contributed by atoms with Crippen molar-refractivity contribution in [3.8, 4) is 0 Å². The van der Waals surface area contributed by atoms with E-state index in [0.717, 1.165) is 62.0 Å². The molecule has 4 rings (SSSR count). The summed E-state index contributed by atoms with van der Waals surface area (Å²) in [6, 6.07) is 15.1. The maximum Gasteiger partial charge on any atom is 0.490 e. The molecular weight excluding hydrogens is 639 g/mol. The molecule has 1 saturated carbocycles. The minimum absolute atomic E-state index is 0.289. The fourth-order valence-corrected chi connectivity index (χ4v) is 6.86. The number of carbonyl (C=O) groups is 1. The highest BCUT2D eigenvalue weighted by Gasteiger charge is 2.38. The molecular formula is C28H35BrF3N5O4S. The Labute approximate surface area is 252 Å². The molecule has 0 amide bonds. The molecule has 230 valence electrons. The SMILES string of the molecule is CCN(CC)c1nc(NCC2CCC(CNS(=O)(=O)c3ccccc3Br)CC2)nc2ccccc12.O=C(O)C(F)(F)F. The molecule has 1 aromatic heterocycles. The summed E-state index contributed by atoms with van der Waals surface area (Å²) in [6.07, 6.45) is -0.946. The second-order valence-corrected chi connectivity index (χ2v) is 12.5. The third-order valence-electron chi connectivity index (χ3n) is 7.09. The summed E-state index contributed by atoms with van der Waals surface area (Å²) < 4.78 is 60.5. The molecule has 3 N–H and O–H groups in total. The van der Waals surface area contributed by atoms with E-state index in [0.29, 0.717) is 28.8 Å². The van der Waals surface area contributed by atoms with Crippen molar-refractivity contribution < 1.29 is 31.5 Å². The first-order chi connectivity index (χ1) is 19.9. The van der Waals surface area contributed by atoms with Crippen molar-refractivity contribution in [2.45, 2.75) is 50.6 Å². The van der Waals surface area contributed by atoms with Crippen LogP contribution in [0, 0.1) is 11.8 Å². The number of para-hydroxylation sites is 1. The van der Waals surface area contributed by atoms with Gasteiger partial charge in [-0.05, 0) is 91.6 Å². The van der Waals surface area contributed by atoms with E-state index in [1.54, 1.807) is 18.2 Å². The van der Waals surface area contributed by atoms with E-state index in [9.17, 15) is 21.6 Å². The van der Waals surface area contributed by atoms with E-state index in [1.807, 2.05) is 24.3 Å². The van der Waals surface area contributed by atoms with Gasteiger partial charge in [-0.15, -0.1) is 0 Å². The van der Waals surface area contributed by atoms with Crippen molar-refractivity contribution in [1.82, 2.24) is 14.7 Å². The van der Waals surface area contributed by atoms with Crippen LogP contribution in [-0.2, 0) is 14.8 Å². The van der Waals surface area contributed by atoms with Crippen LogP contribution in [0.4, 0.5) is 24.9 Å². The third-order valence-corrected chi connectivity index (χ3v) is 9.53. The summed E-state index contributed by atoms with van der Waals surface area (Å²) in [5, 5.41) is 11.7. The zero-order valence-electron chi connectivity index (χ0n) is 23.4. The second-order valence-electron chi connectivity index (χ2n) is 9.91. The summed E-state index contributed by atoms with van der Waals surface area (Å²) in [4.78, 5) is 21.1. The van der Waals surface area contributed by atoms with E-state index in [4.69, 9.17) is 19.9 Å². The molecule has 14 heteroatoms. The molecule has 0 radical (unpaired) electrons. The molecule has 0 aliphatic heterocycles. The number of sulfonamides is 1. The van der Waals surface area contributed by atoms with Gasteiger partial charge in [0.2, 0.25) is 16.0 Å². The van der Waals surface area contributed by atoms with Crippen LogP contribution in [0.2, 0.25) is 0 Å². The zero-order chi connectivity index (χ0) is 30.9. The number of aromatic nitrogens is 2. The number of rotatable bonds is 10. The van der Waals surface area contributed by atoms with E-state index in [2.05, 4.69) is 50.8 Å². The largest absolute Gasteiger partial charge is 0.490 e. The van der Waals surface area contributed by atoms with E-state index >= 15 is 0 Å². The van der Waals surface area contributed by atoms with Crippen molar-refractivity contribution >= 4 is 54.6 Å². The Morgan fingerprint density at radius 1 is 0.976 bits per heavy atom. The molecule has 42 heavy (non-hydrogen) atoms. The minimum Gasteiger partial charge on any atom is -0.475 e. The van der Waals surface area contributed by atoms with Gasteiger partial charge in [-0.1, -0.05) is 24.3 Å². The maximum absolute atomic E-state index is 12.7. The van der Waals surface area contributed by atoms with Crippen molar-refractivity contribution in [3.05, 3.63) is 53.0 Å². The molecule has 0 unspecified atom stereocenters. The lowest BCUT2D eigenvalue weighted by atomic mass is 9.82. The quantitative estimate of drug-likeness (QED) is 0.237. The molecule has 0 saturated heterocycles. The third kappa shape index (κ3) is 9.27. The number of benzene rings is 2. The van der Waals surface area contributed by atoms with Crippen LogP contribution >= 0.6 is 15.9 Å². The molecule has 2 aromatic carbocycles. The Morgan fingerprint density at radius 2 is 1.52 bits per heavy atom. The molecule has 3 aromatic rings. The lowest BCUT2D eigenvalue weighted by Gasteiger charge is -2.29. The summed E-state index contributed by atoms with van der Waals surface area (Å²) in [7, 11) is -3.51. The van der Waals surface area contributed by atoms with Crippen LogP contribution in [0.5, 0.6) is 0 Å². The van der Waals surface area contributed by atoms with Gasteiger partial charge in [0.25, 0.3) is 0 Å². The summed E-state index contributed by atoms with van der Waals surface area (Å²) in [5.74, 6) is -0.224. The topological polar surface area (TPSA) is 125 Å². The summed E-state index contributed by atoms with van der Waals surface area (Å²) in [5.41, 5.74) is 0.952. The number of aliphatic carboxylic acids is 1. The van der Waals surface area contributed by atoms with Crippen molar-refractivity contribution in [2.75, 3.05) is 36.4 Å². The number of carboxylic acids is 1. The fourth-order valence-electron chi connectivity index (χ4n) is 4.75. The average molecular weight is 675 g/mol. The van der Waals surface area contributed by atoms with Crippen LogP contribution in [-0.4, -0.2) is 61.8 Å². The maximum atomic E-state index is 12.7. The Kier molecular flexibility index (Phi) is 11.9. The molecule has 1 heterocycles.